The van der Waals surface area contributed by atoms with Crippen LogP contribution in [-0.2, 0) is 4.74 Å². The molecule has 8 heavy (non-hydrogen) atoms. The number of methoxy groups -OCH3 is 1. The zero-order valence-corrected chi connectivity index (χ0v) is 4.87. The fourth-order valence-electron chi connectivity index (χ4n) is 0.329. The van der Waals surface area contributed by atoms with Crippen molar-refractivity contribution < 1.29 is 15.1 Å². The van der Waals surface area contributed by atoms with E-state index in [-0.39, 0.29) is 19.9 Å². The Morgan fingerprint density at radius 3 is 2.62 bits per heavy atom. The molecule has 0 saturated heterocycles. The Balaban J connectivity index is 2.92. The highest BCUT2D eigenvalue weighted by Crippen LogP contribution is 1.77. The van der Waals surface area contributed by atoms with Crippen molar-refractivity contribution in [3.05, 3.63) is 0 Å². The van der Waals surface area contributed by atoms with Crippen LogP contribution in [0.25, 0.3) is 0 Å². The lowest BCUT2D eigenvalue weighted by atomic mass is 10.7. The molecule has 0 aromatic carbocycles. The summed E-state index contributed by atoms with van der Waals surface area (Å²) in [6, 6.07) is 0. The average molecular weight is 121 g/mol. The number of aliphatic hydroxyl groups excluding tert-OH is 1. The minimum atomic E-state index is -0.0557. The molecule has 4 nitrogen and oxygen atoms in total. The largest absolute Gasteiger partial charge is 0.395 e. The highest BCUT2D eigenvalue weighted by atomic mass is 16.6. The Hall–Kier alpha value is -0.160. The molecule has 0 bridgehead atoms. The highest BCUT2D eigenvalue weighted by molar-refractivity contribution is 4.31. The number of nitrogens with zero attached hydrogens (tertiary/aromatic N) is 1. The third kappa shape index (κ3) is 4.01. The first kappa shape index (κ1) is 7.84. The molecule has 0 aromatic heterocycles. The van der Waals surface area contributed by atoms with Crippen molar-refractivity contribution >= 4 is 0 Å². The van der Waals surface area contributed by atoms with Gasteiger partial charge in [0.1, 0.15) is 6.73 Å². The van der Waals surface area contributed by atoms with Gasteiger partial charge in [-0.2, -0.15) is 5.06 Å². The summed E-state index contributed by atoms with van der Waals surface area (Å²) in [7, 11) is 1.47. The molecule has 0 amide bonds. The predicted molar refractivity (Wildman–Crippen MR) is 27.5 cm³/mol. The molecule has 2 N–H and O–H groups in total. The van der Waals surface area contributed by atoms with E-state index in [4.69, 9.17) is 10.3 Å². The summed E-state index contributed by atoms with van der Waals surface area (Å²) in [4.78, 5) is 0. The number of hydrogen-bond acceptors (Lipinski definition) is 4. The molecule has 0 heterocycles. The summed E-state index contributed by atoms with van der Waals surface area (Å²) in [6.07, 6.45) is 0. The standard InChI is InChI=1S/C4H11NO3/c1-8-4-5(7)2-3-6/h6-7H,2-4H2,1H3. The summed E-state index contributed by atoms with van der Waals surface area (Å²) < 4.78 is 4.52. The second-order valence-corrected chi connectivity index (χ2v) is 1.37. The highest BCUT2D eigenvalue weighted by Gasteiger charge is 1.93. The van der Waals surface area contributed by atoms with Crippen LogP contribution < -0.4 is 0 Å². The summed E-state index contributed by atoms with van der Waals surface area (Å²) in [5.41, 5.74) is 0. The SMILES string of the molecule is COCN(O)CCO. The molecule has 0 spiro atoms. The number of ether oxygens (including phenoxy) is 1. The summed E-state index contributed by atoms with van der Waals surface area (Å²) in [5.74, 6) is 0. The van der Waals surface area contributed by atoms with Crippen LogP contribution in [0.3, 0.4) is 0 Å². The van der Waals surface area contributed by atoms with Crippen LogP contribution in [0.5, 0.6) is 0 Å². The minimum Gasteiger partial charge on any atom is -0.395 e. The molecule has 0 atom stereocenters. The molecule has 0 radical (unpaired) electrons. The molecule has 0 unspecified atom stereocenters. The molecule has 0 aliphatic heterocycles. The van der Waals surface area contributed by atoms with E-state index in [0.29, 0.717) is 0 Å². The fraction of sp³-hybridized carbons (Fsp3) is 1.00. The van der Waals surface area contributed by atoms with Gasteiger partial charge in [-0.1, -0.05) is 0 Å². The van der Waals surface area contributed by atoms with E-state index in [0.717, 1.165) is 5.06 Å². The lowest BCUT2D eigenvalue weighted by Gasteiger charge is -2.09. The van der Waals surface area contributed by atoms with E-state index < -0.39 is 0 Å². The zero-order valence-electron chi connectivity index (χ0n) is 4.87. The van der Waals surface area contributed by atoms with E-state index in [1.165, 1.54) is 7.11 Å². The van der Waals surface area contributed by atoms with Crippen LogP contribution in [0.1, 0.15) is 0 Å². The predicted octanol–water partition coefficient (Wildman–Crippen LogP) is -0.726. The Labute approximate surface area is 48.2 Å². The van der Waals surface area contributed by atoms with Gasteiger partial charge in [-0.15, -0.1) is 0 Å². The van der Waals surface area contributed by atoms with Crippen molar-refractivity contribution in [1.29, 1.82) is 0 Å². The Morgan fingerprint density at radius 1 is 1.62 bits per heavy atom. The fourth-order valence-corrected chi connectivity index (χ4v) is 0.329. The van der Waals surface area contributed by atoms with Crippen molar-refractivity contribution in [2.75, 3.05) is 27.0 Å². The number of rotatable bonds is 4. The van der Waals surface area contributed by atoms with Crippen LogP contribution >= 0.6 is 0 Å². The number of hydrogen-bond donors (Lipinski definition) is 2. The van der Waals surface area contributed by atoms with Gasteiger partial charge in [0.05, 0.1) is 6.61 Å². The van der Waals surface area contributed by atoms with Crippen molar-refractivity contribution in [1.82, 2.24) is 5.06 Å². The topological polar surface area (TPSA) is 52.9 Å². The minimum absolute atomic E-state index is 0.0557. The van der Waals surface area contributed by atoms with Crippen molar-refractivity contribution in [2.45, 2.75) is 0 Å². The molecule has 0 saturated carbocycles. The first-order chi connectivity index (χ1) is 3.81. The Bertz CT molecular complexity index is 44.5. The van der Waals surface area contributed by atoms with Gasteiger partial charge >= 0.3 is 0 Å². The lowest BCUT2D eigenvalue weighted by Crippen LogP contribution is -2.24. The van der Waals surface area contributed by atoms with Gasteiger partial charge in [-0.25, -0.2) is 0 Å². The van der Waals surface area contributed by atoms with Crippen molar-refractivity contribution in [3.63, 3.8) is 0 Å². The number of aliphatic hydroxyl groups is 1. The first-order valence-corrected chi connectivity index (χ1v) is 2.35. The summed E-state index contributed by atoms with van der Waals surface area (Å²) >= 11 is 0. The molecule has 0 aliphatic carbocycles. The van der Waals surface area contributed by atoms with Gasteiger partial charge in [-0.3, -0.25) is 0 Å². The van der Waals surface area contributed by atoms with Crippen LogP contribution in [-0.4, -0.2) is 42.4 Å². The second-order valence-electron chi connectivity index (χ2n) is 1.37. The first-order valence-electron chi connectivity index (χ1n) is 2.35. The van der Waals surface area contributed by atoms with E-state index >= 15 is 0 Å². The molecule has 0 aromatic rings. The normalized spacial score (nSPS) is 10.5. The van der Waals surface area contributed by atoms with E-state index in [1.807, 2.05) is 0 Å². The lowest BCUT2D eigenvalue weighted by molar-refractivity contribution is -0.156. The maximum absolute atomic E-state index is 8.60. The third-order valence-electron chi connectivity index (χ3n) is 0.636. The number of hydroxylamine groups is 2. The molecular formula is C4H11NO3. The third-order valence-corrected chi connectivity index (χ3v) is 0.636. The van der Waals surface area contributed by atoms with E-state index in [2.05, 4.69) is 4.74 Å². The molecular weight excluding hydrogens is 110 g/mol. The van der Waals surface area contributed by atoms with Crippen LogP contribution in [0.4, 0.5) is 0 Å². The summed E-state index contributed by atoms with van der Waals surface area (Å²) in [5, 5.41) is 17.7. The molecule has 4 heteroatoms. The monoisotopic (exact) mass is 121 g/mol. The molecule has 0 aliphatic rings. The van der Waals surface area contributed by atoms with E-state index in [1.54, 1.807) is 0 Å². The van der Waals surface area contributed by atoms with Crippen LogP contribution in [0.15, 0.2) is 0 Å². The van der Waals surface area contributed by atoms with Gasteiger partial charge < -0.3 is 15.1 Å². The maximum Gasteiger partial charge on any atom is 0.121 e. The van der Waals surface area contributed by atoms with Gasteiger partial charge in [0.2, 0.25) is 0 Å². The van der Waals surface area contributed by atoms with Crippen molar-refractivity contribution in [3.8, 4) is 0 Å². The molecule has 0 fully saturated rings. The zero-order chi connectivity index (χ0) is 6.41. The molecule has 50 valence electrons. The van der Waals surface area contributed by atoms with E-state index in [9.17, 15) is 0 Å². The maximum atomic E-state index is 8.60. The van der Waals surface area contributed by atoms with Gasteiger partial charge in [0.15, 0.2) is 0 Å². The van der Waals surface area contributed by atoms with Crippen molar-refractivity contribution in [2.24, 2.45) is 0 Å². The van der Waals surface area contributed by atoms with Crippen LogP contribution in [0, 0.1) is 0 Å². The Kier molecular flexibility index (Phi) is 4.89. The average Bonchev–Trinajstić information content (AvgIpc) is 1.68. The quantitative estimate of drug-likeness (QED) is 0.380. The second kappa shape index (κ2) is 4.99. The molecule has 0 rings (SSSR count). The smallest absolute Gasteiger partial charge is 0.121 e. The summed E-state index contributed by atoms with van der Waals surface area (Å²) in [6.45, 7) is 0.314. The van der Waals surface area contributed by atoms with Gasteiger partial charge in [0, 0.05) is 13.7 Å². The van der Waals surface area contributed by atoms with Crippen LogP contribution in [0.2, 0.25) is 0 Å². The Morgan fingerprint density at radius 2 is 2.25 bits per heavy atom. The van der Waals surface area contributed by atoms with Gasteiger partial charge in [0.25, 0.3) is 0 Å². The van der Waals surface area contributed by atoms with Gasteiger partial charge in [-0.05, 0) is 0 Å².